The van der Waals surface area contributed by atoms with E-state index in [9.17, 15) is 9.90 Å². The molecule has 5 rings (SSSR count). The van der Waals surface area contributed by atoms with Crippen LogP contribution in [-0.2, 0) is 11.3 Å². The predicted octanol–water partition coefficient (Wildman–Crippen LogP) is 4.35. The Morgan fingerprint density at radius 3 is 2.87 bits per heavy atom. The summed E-state index contributed by atoms with van der Waals surface area (Å²) in [7, 11) is 1.54. The average Bonchev–Trinajstić information content (AvgIpc) is 3.63. The quantitative estimate of drug-likeness (QED) is 0.255. The molecule has 1 aliphatic heterocycles. The van der Waals surface area contributed by atoms with Crippen LogP contribution < -0.4 is 10.1 Å². The summed E-state index contributed by atoms with van der Waals surface area (Å²) in [6, 6.07) is 13.6. The molecule has 0 radical (unpaired) electrons. The number of nitrogens with zero attached hydrogens (tertiary/aromatic N) is 3. The Balaban J connectivity index is 1.19. The number of rotatable bonds is 10. The second-order valence-electron chi connectivity index (χ2n) is 9.30. The summed E-state index contributed by atoms with van der Waals surface area (Å²) in [5.41, 5.74) is 2.91. The molecule has 0 spiro atoms. The number of pyridine rings is 1. The highest BCUT2D eigenvalue weighted by atomic mass is 32.1. The van der Waals surface area contributed by atoms with Crippen molar-refractivity contribution >= 4 is 34.3 Å². The normalized spacial score (nSPS) is 15.8. The number of aliphatic hydroxyl groups is 1. The molecular weight excluding hydrogens is 504 g/mol. The van der Waals surface area contributed by atoms with E-state index in [1.54, 1.807) is 24.5 Å². The van der Waals surface area contributed by atoms with Gasteiger partial charge in [0, 0.05) is 48.3 Å². The number of hydrogen-bond acceptors (Lipinski definition) is 9. The predicted molar refractivity (Wildman–Crippen MR) is 146 cm³/mol. The third-order valence-corrected chi connectivity index (χ3v) is 7.67. The highest BCUT2D eigenvalue weighted by molar-refractivity contribution is 7.13. The largest absolute Gasteiger partial charge is 0.481 e. The fraction of sp³-hybridized carbons (Fsp3) is 0.321. The molecular formula is C28H30N4O5S. The lowest BCUT2D eigenvalue weighted by Crippen LogP contribution is -2.43. The highest BCUT2D eigenvalue weighted by Gasteiger charge is 2.23. The molecule has 4 aromatic rings. The van der Waals surface area contributed by atoms with E-state index in [4.69, 9.17) is 14.4 Å². The summed E-state index contributed by atoms with van der Waals surface area (Å²) in [5.74, 6) is 0.212. The molecule has 198 valence electrons. The Hall–Kier alpha value is -3.57. The maximum atomic E-state index is 11.2. The number of fused-ring (bicyclic) bond motifs is 1. The summed E-state index contributed by atoms with van der Waals surface area (Å²) in [5, 5.41) is 30.7. The van der Waals surface area contributed by atoms with Gasteiger partial charge in [0.2, 0.25) is 5.88 Å². The first-order valence-electron chi connectivity index (χ1n) is 12.5. The first kappa shape index (κ1) is 26.1. The molecule has 1 saturated heterocycles. The molecule has 9 nitrogen and oxygen atoms in total. The molecule has 38 heavy (non-hydrogen) atoms. The molecule has 1 unspecified atom stereocenters. The zero-order chi connectivity index (χ0) is 26.5. The van der Waals surface area contributed by atoms with Crippen LogP contribution in [0.3, 0.4) is 0 Å². The monoisotopic (exact) mass is 534 g/mol. The van der Waals surface area contributed by atoms with Crippen LogP contribution in [0.15, 0.2) is 58.4 Å². The number of ether oxygens (including phenoxy) is 1. The minimum Gasteiger partial charge on any atom is -0.481 e. The van der Waals surface area contributed by atoms with Gasteiger partial charge >= 0.3 is 5.97 Å². The number of aliphatic carboxylic acids is 1. The van der Waals surface area contributed by atoms with Crippen LogP contribution >= 0.6 is 11.3 Å². The van der Waals surface area contributed by atoms with Crippen LogP contribution in [0.1, 0.15) is 35.8 Å². The smallest absolute Gasteiger partial charge is 0.328 e. The van der Waals surface area contributed by atoms with Gasteiger partial charge in [-0.1, -0.05) is 23.4 Å². The summed E-state index contributed by atoms with van der Waals surface area (Å²) < 4.78 is 10.8. The SMILES string of the molecule is COc1ccc2c(/C=C/C(=O)O)ccc(C(O)CN3CCC(NCc4cc(-c5cccs5)on4)CC3)c2n1. The molecule has 1 aromatic carbocycles. The van der Waals surface area contributed by atoms with Crippen molar-refractivity contribution in [3.8, 4) is 16.5 Å². The first-order valence-corrected chi connectivity index (χ1v) is 13.4. The van der Waals surface area contributed by atoms with E-state index in [2.05, 4.69) is 20.4 Å². The van der Waals surface area contributed by atoms with E-state index in [0.717, 1.165) is 59.3 Å². The number of carbonyl (C=O) groups is 1. The van der Waals surface area contributed by atoms with Crippen molar-refractivity contribution in [2.24, 2.45) is 0 Å². The number of β-amino-alcohol motifs (C(OH)–C–C–N with tert-alkyl or cyclic N) is 1. The minimum absolute atomic E-state index is 0.373. The van der Waals surface area contributed by atoms with Crippen LogP contribution in [-0.4, -0.2) is 64.0 Å². The van der Waals surface area contributed by atoms with Crippen molar-refractivity contribution in [3.63, 3.8) is 0 Å². The van der Waals surface area contributed by atoms with E-state index in [-0.39, 0.29) is 0 Å². The van der Waals surface area contributed by atoms with Gasteiger partial charge in [-0.3, -0.25) is 0 Å². The van der Waals surface area contributed by atoms with Gasteiger partial charge in [0.25, 0.3) is 0 Å². The second-order valence-corrected chi connectivity index (χ2v) is 10.2. The number of aliphatic hydroxyl groups excluding tert-OH is 1. The molecule has 0 bridgehead atoms. The lowest BCUT2D eigenvalue weighted by molar-refractivity contribution is -0.131. The minimum atomic E-state index is -1.02. The van der Waals surface area contributed by atoms with Crippen molar-refractivity contribution in [2.45, 2.75) is 31.5 Å². The maximum absolute atomic E-state index is 11.2. The molecule has 1 aliphatic rings. The van der Waals surface area contributed by atoms with Crippen molar-refractivity contribution in [1.82, 2.24) is 20.4 Å². The van der Waals surface area contributed by atoms with Crippen molar-refractivity contribution in [3.05, 3.63) is 70.7 Å². The van der Waals surface area contributed by atoms with Crippen molar-refractivity contribution < 1.29 is 24.3 Å². The van der Waals surface area contributed by atoms with Gasteiger partial charge in [-0.25, -0.2) is 9.78 Å². The van der Waals surface area contributed by atoms with E-state index in [1.807, 2.05) is 41.8 Å². The number of carboxylic acids is 1. The standard InChI is InChI=1S/C28H30N4O5S/c1-36-26-8-7-21-18(5-9-27(34)35)4-6-22(28(21)30-26)23(33)17-32-12-10-19(11-13-32)29-16-20-15-24(37-31-20)25-3-2-14-38-25/h2-9,14-15,19,23,29,33H,10-13,16-17H2,1H3,(H,34,35)/b9-5+. The number of piperidine rings is 1. The zero-order valence-corrected chi connectivity index (χ0v) is 21.9. The molecule has 10 heteroatoms. The number of benzene rings is 1. The Labute approximate surface area is 224 Å². The van der Waals surface area contributed by atoms with E-state index in [0.29, 0.717) is 36.1 Å². The summed E-state index contributed by atoms with van der Waals surface area (Å²) in [4.78, 5) is 18.9. The van der Waals surface area contributed by atoms with E-state index < -0.39 is 12.1 Å². The van der Waals surface area contributed by atoms with Crippen LogP contribution in [0.5, 0.6) is 5.88 Å². The van der Waals surface area contributed by atoms with Gasteiger partial charge in [-0.15, -0.1) is 11.3 Å². The Morgan fingerprint density at radius 1 is 1.29 bits per heavy atom. The molecule has 3 N–H and O–H groups in total. The van der Waals surface area contributed by atoms with Crippen LogP contribution in [0.2, 0.25) is 0 Å². The molecule has 3 aromatic heterocycles. The number of methoxy groups -OCH3 is 1. The Bertz CT molecular complexity index is 1410. The summed E-state index contributed by atoms with van der Waals surface area (Å²) in [6.45, 7) is 2.87. The zero-order valence-electron chi connectivity index (χ0n) is 21.0. The van der Waals surface area contributed by atoms with Crippen LogP contribution in [0.25, 0.3) is 27.6 Å². The Kier molecular flexibility index (Phi) is 8.14. The Morgan fingerprint density at radius 2 is 2.13 bits per heavy atom. The van der Waals surface area contributed by atoms with E-state index in [1.165, 1.54) is 6.08 Å². The maximum Gasteiger partial charge on any atom is 0.328 e. The van der Waals surface area contributed by atoms with Gasteiger partial charge in [-0.2, -0.15) is 0 Å². The number of thiophene rings is 1. The average molecular weight is 535 g/mol. The lowest BCUT2D eigenvalue weighted by Gasteiger charge is -2.33. The lowest BCUT2D eigenvalue weighted by atomic mass is 9.98. The van der Waals surface area contributed by atoms with Gasteiger partial charge in [-0.05, 0) is 55.1 Å². The van der Waals surface area contributed by atoms with Gasteiger partial charge in [0.15, 0.2) is 5.76 Å². The van der Waals surface area contributed by atoms with Crippen LogP contribution in [0.4, 0.5) is 0 Å². The van der Waals surface area contributed by atoms with Crippen molar-refractivity contribution in [1.29, 1.82) is 0 Å². The van der Waals surface area contributed by atoms with Gasteiger partial charge in [0.05, 0.1) is 29.3 Å². The number of carboxylic acid groups (broad SMARTS) is 1. The molecule has 4 heterocycles. The highest BCUT2D eigenvalue weighted by Crippen LogP contribution is 2.30. The van der Waals surface area contributed by atoms with Gasteiger partial charge in [0.1, 0.15) is 0 Å². The fourth-order valence-electron chi connectivity index (χ4n) is 4.77. The number of hydrogen-bond donors (Lipinski definition) is 3. The molecule has 0 saturated carbocycles. The first-order chi connectivity index (χ1) is 18.5. The second kappa shape index (κ2) is 11.9. The number of aromatic nitrogens is 2. The third kappa shape index (κ3) is 6.11. The topological polar surface area (TPSA) is 121 Å². The third-order valence-electron chi connectivity index (χ3n) is 6.78. The number of likely N-dealkylation sites (tertiary alicyclic amines) is 1. The summed E-state index contributed by atoms with van der Waals surface area (Å²) in [6.07, 6.45) is 3.82. The van der Waals surface area contributed by atoms with Crippen molar-refractivity contribution in [2.75, 3.05) is 26.7 Å². The fourth-order valence-corrected chi connectivity index (χ4v) is 5.45. The van der Waals surface area contributed by atoms with E-state index >= 15 is 0 Å². The molecule has 0 aliphatic carbocycles. The number of nitrogens with one attached hydrogen (secondary N) is 1. The van der Waals surface area contributed by atoms with Crippen LogP contribution in [0, 0.1) is 0 Å². The molecule has 1 atom stereocenters. The molecule has 1 fully saturated rings. The van der Waals surface area contributed by atoms with Gasteiger partial charge < -0.3 is 29.7 Å². The molecule has 0 amide bonds. The summed E-state index contributed by atoms with van der Waals surface area (Å²) >= 11 is 1.63.